The fourth-order valence-corrected chi connectivity index (χ4v) is 8.03. The number of thioether (sulfide) groups is 1. The maximum absolute atomic E-state index is 14.1. The lowest BCUT2D eigenvalue weighted by Crippen LogP contribution is -2.61. The number of carbonyl (C=O) groups is 1. The minimum absolute atomic E-state index is 0.133. The number of benzene rings is 3. The lowest BCUT2D eigenvalue weighted by molar-refractivity contribution is 0.110. The summed E-state index contributed by atoms with van der Waals surface area (Å²) in [7, 11) is -3.80. The van der Waals surface area contributed by atoms with Gasteiger partial charge in [-0.15, -0.1) is 11.8 Å². The van der Waals surface area contributed by atoms with Gasteiger partial charge in [0.15, 0.2) is 0 Å². The summed E-state index contributed by atoms with van der Waals surface area (Å²) in [6.07, 6.45) is 2.47. The maximum Gasteiger partial charge on any atom is 0.407 e. The van der Waals surface area contributed by atoms with Crippen LogP contribution in [0.25, 0.3) is 0 Å². The zero-order valence-electron chi connectivity index (χ0n) is 22.0. The number of hydrogen-bond acceptors (Lipinski definition) is 5. The van der Waals surface area contributed by atoms with Crippen LogP contribution in [0, 0.1) is 6.92 Å². The molecule has 0 bridgehead atoms. The monoisotopic (exact) mass is 552 g/mol. The highest BCUT2D eigenvalue weighted by Crippen LogP contribution is 2.35. The summed E-state index contributed by atoms with van der Waals surface area (Å²) < 4.78 is 35.4. The molecule has 0 unspecified atom stereocenters. The van der Waals surface area contributed by atoms with Gasteiger partial charge in [0.25, 0.3) is 0 Å². The van der Waals surface area contributed by atoms with Crippen LogP contribution in [0.3, 0.4) is 0 Å². The first-order valence-corrected chi connectivity index (χ1v) is 15.6. The van der Waals surface area contributed by atoms with Crippen molar-refractivity contribution in [2.24, 2.45) is 0 Å². The van der Waals surface area contributed by atoms with Crippen molar-refractivity contribution in [2.45, 2.75) is 74.1 Å². The highest BCUT2D eigenvalue weighted by Gasteiger charge is 2.44. The highest BCUT2D eigenvalue weighted by molar-refractivity contribution is 7.99. The Morgan fingerprint density at radius 2 is 1.63 bits per heavy atom. The van der Waals surface area contributed by atoms with Crippen molar-refractivity contribution in [3.8, 4) is 0 Å². The molecule has 3 atom stereocenters. The van der Waals surface area contributed by atoms with Gasteiger partial charge >= 0.3 is 6.09 Å². The van der Waals surface area contributed by atoms with E-state index in [1.807, 2.05) is 79.7 Å². The zero-order chi connectivity index (χ0) is 27.0. The number of alkyl carbamates (subject to hydrolysis) is 1. The topological polar surface area (TPSA) is 75.7 Å². The van der Waals surface area contributed by atoms with E-state index in [2.05, 4.69) is 12.2 Å². The third-order valence-corrected chi connectivity index (χ3v) is 9.97. The molecule has 3 aromatic rings. The summed E-state index contributed by atoms with van der Waals surface area (Å²) in [6, 6.07) is 25.5. The van der Waals surface area contributed by atoms with Crippen LogP contribution >= 0.6 is 11.8 Å². The van der Waals surface area contributed by atoms with Gasteiger partial charge in [0.2, 0.25) is 10.0 Å². The van der Waals surface area contributed by atoms with E-state index >= 15 is 0 Å². The van der Waals surface area contributed by atoms with E-state index in [9.17, 15) is 13.2 Å². The third kappa shape index (κ3) is 7.18. The molecule has 0 aromatic heterocycles. The van der Waals surface area contributed by atoms with Gasteiger partial charge in [-0.3, -0.25) is 0 Å². The van der Waals surface area contributed by atoms with Crippen molar-refractivity contribution in [1.29, 1.82) is 0 Å². The third-order valence-electron chi connectivity index (χ3n) is 6.86. The molecule has 1 saturated heterocycles. The summed E-state index contributed by atoms with van der Waals surface area (Å²) in [4.78, 5) is 14.2. The molecular weight excluding hydrogens is 516 g/mol. The van der Waals surface area contributed by atoms with E-state index in [0.717, 1.165) is 28.9 Å². The van der Waals surface area contributed by atoms with Gasteiger partial charge < -0.3 is 10.1 Å². The van der Waals surface area contributed by atoms with Crippen LogP contribution in [0.5, 0.6) is 0 Å². The number of carbonyl (C=O) groups excluding carboxylic acids is 1. The lowest BCUT2D eigenvalue weighted by atomic mass is 9.92. The van der Waals surface area contributed by atoms with E-state index in [4.69, 9.17) is 4.74 Å². The summed E-state index contributed by atoms with van der Waals surface area (Å²) in [5.41, 5.74) is 1.90. The van der Waals surface area contributed by atoms with Gasteiger partial charge in [-0.1, -0.05) is 79.6 Å². The fraction of sp³-hybridized carbons (Fsp3) is 0.367. The SMILES string of the molecule is CCC[C@H]1CC[C@@H](NC(=O)OCc2ccccc2)[C@@H](CSc2ccccc2)N1S(=O)(=O)c1ccc(C)cc1. The molecule has 38 heavy (non-hydrogen) atoms. The number of rotatable bonds is 10. The Morgan fingerprint density at radius 3 is 2.29 bits per heavy atom. The number of aryl methyl sites for hydroxylation is 1. The molecule has 0 radical (unpaired) electrons. The fourth-order valence-electron chi connectivity index (χ4n) is 4.92. The van der Waals surface area contributed by atoms with Gasteiger partial charge in [-0.2, -0.15) is 4.31 Å². The molecule has 1 aliphatic heterocycles. The van der Waals surface area contributed by atoms with E-state index < -0.39 is 22.2 Å². The smallest absolute Gasteiger partial charge is 0.407 e. The normalized spacial score (nSPS) is 20.1. The van der Waals surface area contributed by atoms with Crippen LogP contribution in [0.2, 0.25) is 0 Å². The van der Waals surface area contributed by atoms with Crippen molar-refractivity contribution in [1.82, 2.24) is 9.62 Å². The second-order valence-electron chi connectivity index (χ2n) is 9.67. The predicted octanol–water partition coefficient (Wildman–Crippen LogP) is 6.40. The summed E-state index contributed by atoms with van der Waals surface area (Å²) in [5.74, 6) is 0.513. The molecule has 6 nitrogen and oxygen atoms in total. The first kappa shape index (κ1) is 28.2. The Bertz CT molecular complexity index is 1270. The average molecular weight is 553 g/mol. The van der Waals surface area contributed by atoms with Crippen LogP contribution in [0.15, 0.2) is 94.7 Å². The number of ether oxygens (including phenoxy) is 1. The Balaban J connectivity index is 1.61. The Hall–Kier alpha value is -2.81. The molecule has 1 fully saturated rings. The van der Waals surface area contributed by atoms with Crippen molar-refractivity contribution >= 4 is 27.9 Å². The van der Waals surface area contributed by atoms with Crippen molar-refractivity contribution in [3.63, 3.8) is 0 Å². The van der Waals surface area contributed by atoms with Crippen LogP contribution in [0.1, 0.15) is 43.7 Å². The number of nitrogens with one attached hydrogen (secondary N) is 1. The Labute approximate surface area is 230 Å². The quantitative estimate of drug-likeness (QED) is 0.295. The predicted molar refractivity (Wildman–Crippen MR) is 153 cm³/mol. The van der Waals surface area contributed by atoms with Crippen LogP contribution in [0.4, 0.5) is 4.79 Å². The minimum Gasteiger partial charge on any atom is -0.445 e. The molecule has 3 aromatic carbocycles. The second kappa shape index (κ2) is 13.3. The zero-order valence-corrected chi connectivity index (χ0v) is 23.6. The first-order valence-electron chi connectivity index (χ1n) is 13.1. The molecule has 1 heterocycles. The Morgan fingerprint density at radius 1 is 0.974 bits per heavy atom. The van der Waals surface area contributed by atoms with Gasteiger partial charge in [-0.25, -0.2) is 13.2 Å². The van der Waals surface area contributed by atoms with Gasteiger partial charge in [0.1, 0.15) is 6.61 Å². The van der Waals surface area contributed by atoms with E-state index in [-0.39, 0.29) is 23.6 Å². The standard InChI is InChI=1S/C30H36N2O4S2/c1-3-10-25-17-20-28(31-30(33)36-21-24-11-6-4-7-12-24)29(22-37-26-13-8-5-9-14-26)32(25)38(34,35)27-18-15-23(2)16-19-27/h4-9,11-16,18-19,25,28-29H,3,10,17,20-22H2,1-2H3,(H,31,33)/t25-,28+,29+/m0/s1. The minimum atomic E-state index is -3.80. The number of piperidine rings is 1. The lowest BCUT2D eigenvalue weighted by Gasteiger charge is -2.45. The highest BCUT2D eigenvalue weighted by atomic mass is 32.2. The number of nitrogens with zero attached hydrogens (tertiary/aromatic N) is 1. The molecule has 0 aliphatic carbocycles. The average Bonchev–Trinajstić information content (AvgIpc) is 2.93. The van der Waals surface area contributed by atoms with Crippen molar-refractivity contribution in [3.05, 3.63) is 96.1 Å². The van der Waals surface area contributed by atoms with Crippen molar-refractivity contribution in [2.75, 3.05) is 5.75 Å². The van der Waals surface area contributed by atoms with Gasteiger partial charge in [0.05, 0.1) is 10.9 Å². The maximum atomic E-state index is 14.1. The first-order chi connectivity index (χ1) is 18.4. The van der Waals surface area contributed by atoms with Crippen molar-refractivity contribution < 1.29 is 17.9 Å². The second-order valence-corrected chi connectivity index (χ2v) is 12.6. The molecule has 0 saturated carbocycles. The number of amides is 1. The van der Waals surface area contributed by atoms with Crippen LogP contribution in [-0.2, 0) is 21.4 Å². The molecule has 202 valence electrons. The van der Waals surface area contributed by atoms with Gasteiger partial charge in [-0.05, 0) is 56.0 Å². The summed E-state index contributed by atoms with van der Waals surface area (Å²) >= 11 is 1.61. The van der Waals surface area contributed by atoms with E-state index in [0.29, 0.717) is 18.6 Å². The molecule has 8 heteroatoms. The number of hydrogen-bond donors (Lipinski definition) is 1. The molecular formula is C30H36N2O4S2. The molecule has 0 spiro atoms. The van der Waals surface area contributed by atoms with E-state index in [1.54, 1.807) is 28.2 Å². The number of sulfonamides is 1. The molecule has 1 amide bonds. The summed E-state index contributed by atoms with van der Waals surface area (Å²) in [6.45, 7) is 4.18. The van der Waals surface area contributed by atoms with Crippen LogP contribution in [-0.4, -0.2) is 42.7 Å². The summed E-state index contributed by atoms with van der Waals surface area (Å²) in [5, 5.41) is 3.02. The molecule has 4 rings (SSSR count). The molecule has 1 N–H and O–H groups in total. The van der Waals surface area contributed by atoms with Gasteiger partial charge in [0, 0.05) is 22.7 Å². The van der Waals surface area contributed by atoms with Crippen LogP contribution < -0.4 is 5.32 Å². The largest absolute Gasteiger partial charge is 0.445 e. The molecule has 1 aliphatic rings. The van der Waals surface area contributed by atoms with E-state index in [1.165, 1.54) is 0 Å². The Kier molecular flexibility index (Phi) is 9.88.